The van der Waals surface area contributed by atoms with E-state index in [9.17, 15) is 13.2 Å². The van der Waals surface area contributed by atoms with Crippen molar-refractivity contribution in [3.05, 3.63) is 82.2 Å². The maximum absolute atomic E-state index is 13.8. The molecule has 8 heteroatoms. The molecule has 5 nitrogen and oxygen atoms in total. The molecule has 0 spiro atoms. The maximum atomic E-state index is 13.8. The summed E-state index contributed by atoms with van der Waals surface area (Å²) in [7, 11) is 0. The van der Waals surface area contributed by atoms with Crippen molar-refractivity contribution in [2.45, 2.75) is 32.9 Å². The summed E-state index contributed by atoms with van der Waals surface area (Å²) in [5.41, 5.74) is 8.26. The number of aryl methyl sites for hydroxylation is 2. The highest BCUT2D eigenvalue weighted by Crippen LogP contribution is 2.44. The monoisotopic (exact) mass is 450 g/mol. The van der Waals surface area contributed by atoms with Crippen molar-refractivity contribution in [3.8, 4) is 17.6 Å². The fourth-order valence-electron chi connectivity index (χ4n) is 3.38. The lowest BCUT2D eigenvalue weighted by Gasteiger charge is -2.20. The first-order valence-electron chi connectivity index (χ1n) is 10.0. The molecule has 3 rings (SSSR count). The van der Waals surface area contributed by atoms with Crippen LogP contribution in [0.1, 0.15) is 28.7 Å². The number of benzene rings is 3. The Morgan fingerprint density at radius 2 is 1.82 bits per heavy atom. The number of alkyl halides is 3. The Hall–Kier alpha value is -4.17. The Morgan fingerprint density at radius 3 is 2.42 bits per heavy atom. The Labute approximate surface area is 190 Å². The standard InChI is InChI=1S/C25H21F3N4O/c1-15-6-7-17(5-4-12-29)16(2)24(15)33-23-14-22(21(30)13-20(23)25(26,27)28)32-19-10-8-18(31-3)9-11-19/h6-11,13-14,32H,4-5,30H2,1-2H3. The number of hydrogen-bond donors (Lipinski definition) is 2. The lowest BCUT2D eigenvalue weighted by molar-refractivity contribution is -0.138. The van der Waals surface area contributed by atoms with Gasteiger partial charge in [0.2, 0.25) is 0 Å². The van der Waals surface area contributed by atoms with Crippen LogP contribution in [0.25, 0.3) is 4.85 Å². The van der Waals surface area contributed by atoms with Crippen LogP contribution in [0.2, 0.25) is 0 Å². The van der Waals surface area contributed by atoms with Crippen LogP contribution in [-0.2, 0) is 12.6 Å². The number of nitriles is 1. The molecular formula is C25H21F3N4O. The quantitative estimate of drug-likeness (QED) is 0.302. The van der Waals surface area contributed by atoms with Crippen molar-refractivity contribution in [2.75, 3.05) is 11.1 Å². The highest BCUT2D eigenvalue weighted by atomic mass is 19.4. The van der Waals surface area contributed by atoms with Crippen LogP contribution in [-0.4, -0.2) is 0 Å². The molecular weight excluding hydrogens is 429 g/mol. The maximum Gasteiger partial charge on any atom is 0.420 e. The number of anilines is 3. The molecule has 0 aliphatic rings. The molecule has 0 bridgehead atoms. The van der Waals surface area contributed by atoms with E-state index < -0.39 is 11.7 Å². The average Bonchev–Trinajstić information content (AvgIpc) is 2.77. The van der Waals surface area contributed by atoms with Crippen molar-refractivity contribution in [2.24, 2.45) is 0 Å². The molecule has 0 atom stereocenters. The molecule has 0 unspecified atom stereocenters. The third kappa shape index (κ3) is 5.36. The van der Waals surface area contributed by atoms with Crippen LogP contribution in [0, 0.1) is 31.8 Å². The van der Waals surface area contributed by atoms with Gasteiger partial charge in [-0.15, -0.1) is 0 Å². The van der Waals surface area contributed by atoms with E-state index in [0.29, 0.717) is 41.1 Å². The Morgan fingerprint density at radius 1 is 1.12 bits per heavy atom. The smallest absolute Gasteiger partial charge is 0.420 e. The van der Waals surface area contributed by atoms with Gasteiger partial charge >= 0.3 is 6.18 Å². The highest BCUT2D eigenvalue weighted by Gasteiger charge is 2.36. The summed E-state index contributed by atoms with van der Waals surface area (Å²) in [6, 6.07) is 14.2. The summed E-state index contributed by atoms with van der Waals surface area (Å²) in [4.78, 5) is 3.31. The topological polar surface area (TPSA) is 75.4 Å². The largest absolute Gasteiger partial charge is 0.456 e. The number of halogens is 3. The summed E-state index contributed by atoms with van der Waals surface area (Å²) in [5.74, 6) is -0.0753. The first-order valence-corrected chi connectivity index (χ1v) is 10.0. The lowest BCUT2D eigenvalue weighted by atomic mass is 10.0. The number of nitrogens with two attached hydrogens (primary N) is 1. The van der Waals surface area contributed by atoms with Crippen molar-refractivity contribution in [3.63, 3.8) is 0 Å². The number of ether oxygens (including phenoxy) is 1. The number of nitrogens with one attached hydrogen (secondary N) is 1. The number of rotatable bonds is 6. The second kappa shape index (κ2) is 9.54. The van der Waals surface area contributed by atoms with Gasteiger partial charge in [-0.25, -0.2) is 4.85 Å². The van der Waals surface area contributed by atoms with Gasteiger partial charge in [0, 0.05) is 18.2 Å². The van der Waals surface area contributed by atoms with Gasteiger partial charge in [0.05, 0.1) is 24.0 Å². The SMILES string of the molecule is [C-]#[N+]c1ccc(Nc2cc(Oc3c(C)ccc(CCC#N)c3C)c(C(F)(F)F)cc2N)cc1. The van der Waals surface area contributed by atoms with E-state index in [4.69, 9.17) is 22.3 Å². The average molecular weight is 450 g/mol. The van der Waals surface area contributed by atoms with Gasteiger partial charge in [-0.05, 0) is 55.2 Å². The van der Waals surface area contributed by atoms with E-state index in [1.54, 1.807) is 44.2 Å². The summed E-state index contributed by atoms with van der Waals surface area (Å²) < 4.78 is 47.2. The molecule has 33 heavy (non-hydrogen) atoms. The van der Waals surface area contributed by atoms with Crippen molar-refractivity contribution >= 4 is 22.7 Å². The van der Waals surface area contributed by atoms with Gasteiger partial charge in [-0.1, -0.05) is 24.3 Å². The van der Waals surface area contributed by atoms with E-state index in [-0.39, 0.29) is 17.1 Å². The van der Waals surface area contributed by atoms with Gasteiger partial charge in [0.15, 0.2) is 5.69 Å². The van der Waals surface area contributed by atoms with Gasteiger partial charge in [-0.2, -0.15) is 18.4 Å². The first-order chi connectivity index (χ1) is 15.6. The molecule has 0 saturated carbocycles. The number of nitrogens with zero attached hydrogens (tertiary/aromatic N) is 2. The predicted molar refractivity (Wildman–Crippen MR) is 122 cm³/mol. The summed E-state index contributed by atoms with van der Waals surface area (Å²) in [6.07, 6.45) is -3.92. The molecule has 3 aromatic rings. The first kappa shape index (κ1) is 23.5. The van der Waals surface area contributed by atoms with E-state index in [1.165, 1.54) is 6.07 Å². The van der Waals surface area contributed by atoms with Crippen molar-refractivity contribution in [1.82, 2.24) is 0 Å². The molecule has 0 aromatic heterocycles. The van der Waals surface area contributed by atoms with Crippen LogP contribution in [0.4, 0.5) is 35.9 Å². The van der Waals surface area contributed by atoms with Crippen LogP contribution in [0.15, 0.2) is 48.5 Å². The van der Waals surface area contributed by atoms with Crippen molar-refractivity contribution in [1.29, 1.82) is 5.26 Å². The van der Waals surface area contributed by atoms with Gasteiger partial charge in [-0.3, -0.25) is 0 Å². The minimum atomic E-state index is -4.68. The lowest BCUT2D eigenvalue weighted by Crippen LogP contribution is -2.10. The van der Waals surface area contributed by atoms with Crippen LogP contribution >= 0.6 is 0 Å². The van der Waals surface area contributed by atoms with Gasteiger partial charge in [0.1, 0.15) is 17.1 Å². The van der Waals surface area contributed by atoms with E-state index in [2.05, 4.69) is 16.2 Å². The molecule has 0 fully saturated rings. The molecule has 3 N–H and O–H groups in total. The number of hydrogen-bond acceptors (Lipinski definition) is 4. The zero-order valence-corrected chi connectivity index (χ0v) is 18.0. The fraction of sp³-hybridized carbons (Fsp3) is 0.200. The Balaban J connectivity index is 2.05. The molecule has 0 heterocycles. The van der Waals surface area contributed by atoms with Gasteiger partial charge in [0.25, 0.3) is 0 Å². The van der Waals surface area contributed by atoms with Gasteiger partial charge < -0.3 is 15.8 Å². The van der Waals surface area contributed by atoms with Crippen molar-refractivity contribution < 1.29 is 17.9 Å². The van der Waals surface area contributed by atoms with Crippen LogP contribution < -0.4 is 15.8 Å². The molecule has 0 saturated heterocycles. The third-order valence-corrected chi connectivity index (χ3v) is 5.17. The fourth-order valence-corrected chi connectivity index (χ4v) is 3.38. The van der Waals surface area contributed by atoms with Crippen LogP contribution in [0.5, 0.6) is 11.5 Å². The molecule has 0 aliphatic carbocycles. The van der Waals surface area contributed by atoms with E-state index in [1.807, 2.05) is 6.07 Å². The zero-order valence-electron chi connectivity index (χ0n) is 18.0. The summed E-state index contributed by atoms with van der Waals surface area (Å²) in [5, 5.41) is 11.9. The summed E-state index contributed by atoms with van der Waals surface area (Å²) >= 11 is 0. The second-order valence-electron chi connectivity index (χ2n) is 7.47. The summed E-state index contributed by atoms with van der Waals surface area (Å²) in [6.45, 7) is 10.5. The minimum absolute atomic E-state index is 0.0971. The zero-order chi connectivity index (χ0) is 24.2. The minimum Gasteiger partial charge on any atom is -0.456 e. The third-order valence-electron chi connectivity index (χ3n) is 5.17. The molecule has 0 amide bonds. The van der Waals surface area contributed by atoms with E-state index >= 15 is 0 Å². The normalized spacial score (nSPS) is 10.9. The molecule has 3 aromatic carbocycles. The molecule has 0 radical (unpaired) electrons. The molecule has 0 aliphatic heterocycles. The van der Waals surface area contributed by atoms with Crippen LogP contribution in [0.3, 0.4) is 0 Å². The second-order valence-corrected chi connectivity index (χ2v) is 7.47. The molecule has 168 valence electrons. The Bertz CT molecular complexity index is 1250. The predicted octanol–water partition coefficient (Wildman–Crippen LogP) is 7.45. The highest BCUT2D eigenvalue weighted by molar-refractivity contribution is 5.76. The Kier molecular flexibility index (Phi) is 6.79. The number of nitrogen functional groups attached to an aromatic ring is 1. The van der Waals surface area contributed by atoms with E-state index in [0.717, 1.165) is 11.6 Å².